The topological polar surface area (TPSA) is 52.0 Å². The Morgan fingerprint density at radius 2 is 2.08 bits per heavy atom. The van der Waals surface area contributed by atoms with Crippen molar-refractivity contribution < 1.29 is 0 Å². The third kappa shape index (κ3) is 1.36. The van der Waals surface area contributed by atoms with Crippen LogP contribution in [0.1, 0.15) is 0 Å². The van der Waals surface area contributed by atoms with Gasteiger partial charge in [-0.3, -0.25) is 0 Å². The number of benzene rings is 1. The number of anilines is 2. The predicted octanol–water partition coefficient (Wildman–Crippen LogP) is 2.79. The van der Waals surface area contributed by atoms with Crippen molar-refractivity contribution in [2.24, 2.45) is 0 Å². The van der Waals surface area contributed by atoms with Gasteiger partial charge in [0.25, 0.3) is 0 Å². The van der Waals surface area contributed by atoms with Gasteiger partial charge in [-0.1, -0.05) is 6.07 Å². The van der Waals surface area contributed by atoms with E-state index in [9.17, 15) is 0 Å². The van der Waals surface area contributed by atoms with Crippen molar-refractivity contribution in [2.75, 3.05) is 17.7 Å². The first-order chi connectivity index (χ1) is 6.22. The lowest BCUT2D eigenvalue weighted by molar-refractivity contribution is 1.53. The molecular formula is C9H10N2S2. The van der Waals surface area contributed by atoms with Crippen LogP contribution in [0.25, 0.3) is 10.1 Å². The molecule has 0 radical (unpaired) electrons. The smallest absolute Gasteiger partial charge is 0.110 e. The molecule has 0 spiro atoms. The minimum Gasteiger partial charge on any atom is -0.396 e. The van der Waals surface area contributed by atoms with Gasteiger partial charge in [-0.25, -0.2) is 0 Å². The lowest BCUT2D eigenvalue weighted by Crippen LogP contribution is -1.87. The van der Waals surface area contributed by atoms with Crippen molar-refractivity contribution in [3.05, 3.63) is 18.2 Å². The third-order valence-electron chi connectivity index (χ3n) is 1.96. The van der Waals surface area contributed by atoms with Gasteiger partial charge < -0.3 is 11.5 Å². The van der Waals surface area contributed by atoms with Crippen molar-refractivity contribution in [1.82, 2.24) is 0 Å². The van der Waals surface area contributed by atoms with Crippen molar-refractivity contribution in [1.29, 1.82) is 0 Å². The minimum absolute atomic E-state index is 0.715. The Kier molecular flexibility index (Phi) is 2.09. The SMILES string of the molecule is CSc1ccc2c(N)c(N)sc2c1. The highest BCUT2D eigenvalue weighted by atomic mass is 32.2. The van der Waals surface area contributed by atoms with Crippen LogP contribution in [0.2, 0.25) is 0 Å². The summed E-state index contributed by atoms with van der Waals surface area (Å²) in [5.41, 5.74) is 12.3. The lowest BCUT2D eigenvalue weighted by Gasteiger charge is -1.95. The van der Waals surface area contributed by atoms with E-state index >= 15 is 0 Å². The summed E-state index contributed by atoms with van der Waals surface area (Å²) in [7, 11) is 0. The molecule has 1 aromatic carbocycles. The highest BCUT2D eigenvalue weighted by Crippen LogP contribution is 2.37. The summed E-state index contributed by atoms with van der Waals surface area (Å²) in [6.45, 7) is 0. The number of thioether (sulfide) groups is 1. The fourth-order valence-electron chi connectivity index (χ4n) is 1.24. The number of hydrogen-bond donors (Lipinski definition) is 2. The Morgan fingerprint density at radius 1 is 1.31 bits per heavy atom. The van der Waals surface area contributed by atoms with E-state index in [2.05, 4.69) is 18.4 Å². The molecule has 13 heavy (non-hydrogen) atoms. The standard InChI is InChI=1S/C9H10N2S2/c1-12-5-2-3-6-7(4-5)13-9(11)8(6)10/h2-4H,10-11H2,1H3. The van der Waals surface area contributed by atoms with Gasteiger partial charge in [0.05, 0.1) is 5.69 Å². The molecule has 2 aromatic rings. The fraction of sp³-hybridized carbons (Fsp3) is 0.111. The highest BCUT2D eigenvalue weighted by Gasteiger charge is 2.06. The van der Waals surface area contributed by atoms with Crippen LogP contribution in [0.5, 0.6) is 0 Å². The molecule has 1 aromatic heterocycles. The molecular weight excluding hydrogens is 200 g/mol. The molecule has 0 aliphatic carbocycles. The minimum atomic E-state index is 0.715. The number of fused-ring (bicyclic) bond motifs is 1. The van der Waals surface area contributed by atoms with Gasteiger partial charge in [0.1, 0.15) is 5.00 Å². The molecule has 1 heterocycles. The summed E-state index contributed by atoms with van der Waals surface area (Å²) in [5, 5.41) is 1.79. The maximum absolute atomic E-state index is 5.81. The fourth-order valence-corrected chi connectivity index (χ4v) is 2.69. The van der Waals surface area contributed by atoms with E-state index < -0.39 is 0 Å². The van der Waals surface area contributed by atoms with Crippen LogP contribution in [0.15, 0.2) is 23.1 Å². The van der Waals surface area contributed by atoms with Gasteiger partial charge in [0.15, 0.2) is 0 Å². The highest BCUT2D eigenvalue weighted by molar-refractivity contribution is 7.98. The summed E-state index contributed by atoms with van der Waals surface area (Å²) in [6.07, 6.45) is 2.06. The van der Waals surface area contributed by atoms with Crippen LogP contribution in [-0.4, -0.2) is 6.26 Å². The van der Waals surface area contributed by atoms with E-state index in [0.29, 0.717) is 10.7 Å². The first kappa shape index (κ1) is 8.72. The maximum atomic E-state index is 5.81. The Morgan fingerprint density at radius 3 is 2.77 bits per heavy atom. The number of nitrogens with two attached hydrogens (primary N) is 2. The van der Waals surface area contributed by atoms with Gasteiger partial charge in [0, 0.05) is 15.0 Å². The second kappa shape index (κ2) is 3.12. The quantitative estimate of drug-likeness (QED) is 0.712. The number of hydrogen-bond acceptors (Lipinski definition) is 4. The van der Waals surface area contributed by atoms with Crippen molar-refractivity contribution >= 4 is 43.9 Å². The lowest BCUT2D eigenvalue weighted by atomic mass is 10.2. The van der Waals surface area contributed by atoms with E-state index in [1.165, 1.54) is 9.60 Å². The van der Waals surface area contributed by atoms with Gasteiger partial charge >= 0.3 is 0 Å². The molecule has 0 saturated heterocycles. The molecule has 0 saturated carbocycles. The summed E-state index contributed by atoms with van der Waals surface area (Å²) < 4.78 is 1.17. The number of nitrogen functional groups attached to an aromatic ring is 2. The summed E-state index contributed by atoms with van der Waals surface area (Å²) in [4.78, 5) is 1.24. The van der Waals surface area contributed by atoms with Gasteiger partial charge in [0.2, 0.25) is 0 Å². The largest absolute Gasteiger partial charge is 0.396 e. The van der Waals surface area contributed by atoms with E-state index in [-0.39, 0.29) is 0 Å². The van der Waals surface area contributed by atoms with Crippen LogP contribution in [0.3, 0.4) is 0 Å². The molecule has 0 aliphatic rings. The number of thiophene rings is 1. The Balaban J connectivity index is 2.73. The van der Waals surface area contributed by atoms with Crippen molar-refractivity contribution in [3.63, 3.8) is 0 Å². The Hall–Kier alpha value is -0.870. The van der Waals surface area contributed by atoms with E-state index in [0.717, 1.165) is 5.39 Å². The first-order valence-electron chi connectivity index (χ1n) is 3.84. The van der Waals surface area contributed by atoms with E-state index in [4.69, 9.17) is 11.5 Å². The van der Waals surface area contributed by atoms with E-state index in [1.54, 1.807) is 23.1 Å². The summed E-state index contributed by atoms with van der Waals surface area (Å²) in [5.74, 6) is 0. The normalized spacial score (nSPS) is 10.8. The average Bonchev–Trinajstić information content (AvgIpc) is 2.42. The van der Waals surface area contributed by atoms with Crippen molar-refractivity contribution in [2.45, 2.75) is 4.90 Å². The zero-order valence-corrected chi connectivity index (χ0v) is 8.84. The molecule has 0 bridgehead atoms. The predicted molar refractivity (Wildman–Crippen MR) is 62.4 cm³/mol. The summed E-state index contributed by atoms with van der Waals surface area (Å²) >= 11 is 3.27. The molecule has 4 heteroatoms. The van der Waals surface area contributed by atoms with Gasteiger partial charge in [-0.15, -0.1) is 23.1 Å². The molecule has 2 rings (SSSR count). The van der Waals surface area contributed by atoms with E-state index in [1.807, 2.05) is 6.07 Å². The average molecular weight is 210 g/mol. The second-order valence-corrected chi connectivity index (χ2v) is 4.71. The molecule has 4 N–H and O–H groups in total. The second-order valence-electron chi connectivity index (χ2n) is 2.74. The molecule has 0 atom stereocenters. The van der Waals surface area contributed by atoms with Crippen LogP contribution in [0, 0.1) is 0 Å². The number of rotatable bonds is 1. The van der Waals surface area contributed by atoms with Crippen molar-refractivity contribution in [3.8, 4) is 0 Å². The maximum Gasteiger partial charge on any atom is 0.110 e. The molecule has 2 nitrogen and oxygen atoms in total. The zero-order chi connectivity index (χ0) is 9.42. The van der Waals surface area contributed by atoms with Crippen LogP contribution < -0.4 is 11.5 Å². The molecule has 0 amide bonds. The molecule has 0 fully saturated rings. The molecule has 0 aliphatic heterocycles. The van der Waals surface area contributed by atoms with Gasteiger partial charge in [-0.2, -0.15) is 0 Å². The van der Waals surface area contributed by atoms with Crippen LogP contribution in [-0.2, 0) is 0 Å². The monoisotopic (exact) mass is 210 g/mol. The Labute approximate surface area is 84.9 Å². The van der Waals surface area contributed by atoms with Crippen LogP contribution >= 0.6 is 23.1 Å². The molecule has 0 unspecified atom stereocenters. The van der Waals surface area contributed by atoms with Gasteiger partial charge in [-0.05, 0) is 18.4 Å². The van der Waals surface area contributed by atoms with Crippen LogP contribution in [0.4, 0.5) is 10.7 Å². The molecule has 68 valence electrons. The Bertz CT molecular complexity index is 448. The third-order valence-corrected chi connectivity index (χ3v) is 3.69. The summed E-state index contributed by atoms with van der Waals surface area (Å²) in [6, 6.07) is 6.22. The first-order valence-corrected chi connectivity index (χ1v) is 5.88. The zero-order valence-electron chi connectivity index (χ0n) is 7.20.